The van der Waals surface area contributed by atoms with Crippen LogP contribution in [-0.4, -0.2) is 28.3 Å². The minimum absolute atomic E-state index is 0.0329. The van der Waals surface area contributed by atoms with Crippen molar-refractivity contribution in [1.82, 2.24) is 4.90 Å². The van der Waals surface area contributed by atoms with E-state index in [2.05, 4.69) is 103 Å². The lowest BCUT2D eigenvalue weighted by atomic mass is 10.1. The second-order valence-electron chi connectivity index (χ2n) is 12.3. The number of ether oxygens (including phenoxy) is 2. The summed E-state index contributed by atoms with van der Waals surface area (Å²) >= 11 is 0. The van der Waals surface area contributed by atoms with Gasteiger partial charge in [0.2, 0.25) is 0 Å². The smallest absolute Gasteiger partial charge is 0.420 e. The predicted octanol–water partition coefficient (Wildman–Crippen LogP) is 7.85. The molecule has 4 rings (SSSR count). The summed E-state index contributed by atoms with van der Waals surface area (Å²) in [6.45, 7) is 10.7. The highest BCUT2D eigenvalue weighted by Gasteiger charge is 2.45. The summed E-state index contributed by atoms with van der Waals surface area (Å²) < 4.78 is 11.2. The van der Waals surface area contributed by atoms with E-state index in [0.717, 1.165) is 22.2 Å². The second-order valence-corrected chi connectivity index (χ2v) is 15.8. The number of amides is 2. The van der Waals surface area contributed by atoms with Crippen LogP contribution in [0.5, 0.6) is 0 Å². The third-order valence-corrected chi connectivity index (χ3v) is 10.9. The van der Waals surface area contributed by atoms with Gasteiger partial charge in [0.15, 0.2) is 0 Å². The first kappa shape index (κ1) is 31.0. The van der Waals surface area contributed by atoms with Crippen LogP contribution in [0.3, 0.4) is 0 Å². The molecule has 0 bridgehead atoms. The molecule has 4 aromatic rings. The fourth-order valence-electron chi connectivity index (χ4n) is 4.89. The lowest BCUT2D eigenvalue weighted by molar-refractivity contribution is -0.000257. The van der Waals surface area contributed by atoms with Gasteiger partial charge in [-0.3, -0.25) is 0 Å². The topological polar surface area (TPSA) is 55.8 Å². The highest BCUT2D eigenvalue weighted by atomic mass is 31.2. The third-order valence-electron chi connectivity index (χ3n) is 6.57. The number of rotatable bonds is 7. The van der Waals surface area contributed by atoms with Gasteiger partial charge in [0.25, 0.3) is 0 Å². The Bertz CT molecular complexity index is 1350. The molecule has 0 aliphatic heterocycles. The number of benzene rings is 4. The van der Waals surface area contributed by atoms with Crippen LogP contribution in [-0.2, 0) is 22.2 Å². The minimum atomic E-state index is -2.12. The van der Waals surface area contributed by atoms with Crippen molar-refractivity contribution in [3.63, 3.8) is 0 Å². The van der Waals surface area contributed by atoms with Gasteiger partial charge in [0.05, 0.1) is 12.7 Å². The van der Waals surface area contributed by atoms with Crippen LogP contribution in [0, 0.1) is 0 Å². The molecule has 0 saturated heterocycles. The summed E-state index contributed by atoms with van der Waals surface area (Å²) in [7, 11) is -2.12. The Morgan fingerprint density at radius 3 is 1.33 bits per heavy atom. The Balaban J connectivity index is 1.77. The highest BCUT2D eigenvalue weighted by Crippen LogP contribution is 2.58. The molecule has 5 nitrogen and oxygen atoms in total. The monoisotopic (exact) mass is 582 g/mol. The van der Waals surface area contributed by atoms with E-state index in [1.165, 1.54) is 15.9 Å². The first-order valence-electron chi connectivity index (χ1n) is 14.2. The standard InChI is InChI=1S/C36H41NO4P/c1-35(2,3)40-33(38)37(34(39)41-36(4,5)6)26-28-17-16-18-29(25-28)27-42(30-19-10-7-11-20-30,31-21-12-8-13-22-31)32-23-14-9-15-24-32/h7-25H,26-27H2,1-6H3/q+1. The molecule has 0 aliphatic rings. The molecule has 0 fully saturated rings. The molecule has 2 amide bonds. The maximum Gasteiger partial charge on any atom is 0.420 e. The van der Waals surface area contributed by atoms with Gasteiger partial charge in [-0.2, -0.15) is 0 Å². The van der Waals surface area contributed by atoms with Gasteiger partial charge in [-0.1, -0.05) is 78.9 Å². The van der Waals surface area contributed by atoms with Gasteiger partial charge >= 0.3 is 12.2 Å². The number of carbonyl (C=O) groups excluding carboxylic acids is 2. The highest BCUT2D eigenvalue weighted by molar-refractivity contribution is 7.95. The van der Waals surface area contributed by atoms with Crippen molar-refractivity contribution in [2.45, 2.75) is 65.5 Å². The Labute approximate surface area is 250 Å². The number of hydrogen-bond acceptors (Lipinski definition) is 4. The Morgan fingerprint density at radius 1 is 0.571 bits per heavy atom. The van der Waals surface area contributed by atoms with E-state index in [9.17, 15) is 9.59 Å². The summed E-state index contributed by atoms with van der Waals surface area (Å²) in [5, 5.41) is 3.87. The van der Waals surface area contributed by atoms with Crippen LogP contribution in [0.25, 0.3) is 0 Å². The molecule has 0 saturated carbocycles. The van der Waals surface area contributed by atoms with Crippen molar-refractivity contribution in [2.75, 3.05) is 0 Å². The summed E-state index contributed by atoms with van der Waals surface area (Å²) in [6, 6.07) is 40.3. The van der Waals surface area contributed by atoms with E-state index < -0.39 is 30.7 Å². The number of nitrogens with zero attached hydrogens (tertiary/aromatic N) is 1. The number of imide groups is 1. The van der Waals surface area contributed by atoms with E-state index in [1.54, 1.807) is 41.5 Å². The quantitative estimate of drug-likeness (QED) is 0.208. The van der Waals surface area contributed by atoms with E-state index in [1.807, 2.05) is 12.1 Å². The van der Waals surface area contributed by atoms with Crippen LogP contribution in [0.1, 0.15) is 52.7 Å². The van der Waals surface area contributed by atoms with Crippen molar-refractivity contribution < 1.29 is 19.1 Å². The fourth-order valence-corrected chi connectivity index (χ4v) is 9.12. The molecule has 6 heteroatoms. The summed E-state index contributed by atoms with van der Waals surface area (Å²) in [6.07, 6.45) is -0.693. The third kappa shape index (κ3) is 7.86. The Hall–Kier alpha value is -3.95. The van der Waals surface area contributed by atoms with Crippen LogP contribution in [0.4, 0.5) is 9.59 Å². The van der Waals surface area contributed by atoms with E-state index >= 15 is 0 Å². The predicted molar refractivity (Wildman–Crippen MR) is 173 cm³/mol. The molecule has 0 heterocycles. The molecular weight excluding hydrogens is 541 g/mol. The van der Waals surface area contributed by atoms with Gasteiger partial charge in [-0.05, 0) is 89.1 Å². The Morgan fingerprint density at radius 2 is 0.952 bits per heavy atom. The largest absolute Gasteiger partial charge is 0.443 e. The van der Waals surface area contributed by atoms with Crippen LogP contribution in [0.2, 0.25) is 0 Å². The molecule has 0 aromatic heterocycles. The van der Waals surface area contributed by atoms with Gasteiger partial charge in [-0.25, -0.2) is 14.5 Å². The zero-order valence-corrected chi connectivity index (χ0v) is 26.3. The molecule has 0 radical (unpaired) electrons. The second kappa shape index (κ2) is 12.9. The van der Waals surface area contributed by atoms with Crippen molar-refractivity contribution in [3.05, 3.63) is 126 Å². The average molecular weight is 583 g/mol. The molecule has 0 spiro atoms. The number of hydrogen-bond donors (Lipinski definition) is 0. The van der Waals surface area contributed by atoms with Crippen LogP contribution in [0.15, 0.2) is 115 Å². The van der Waals surface area contributed by atoms with Crippen LogP contribution >= 0.6 is 7.26 Å². The van der Waals surface area contributed by atoms with Gasteiger partial charge < -0.3 is 9.47 Å². The minimum Gasteiger partial charge on any atom is -0.443 e. The van der Waals surface area contributed by atoms with Gasteiger partial charge in [0, 0.05) is 0 Å². The zero-order valence-electron chi connectivity index (χ0n) is 25.4. The SMILES string of the molecule is CC(C)(C)OC(=O)N(Cc1cccc(C[P+](c2ccccc2)(c2ccccc2)c2ccccc2)c1)C(=O)OC(C)(C)C. The zero-order chi connectivity index (χ0) is 30.4. The molecule has 4 aromatic carbocycles. The first-order valence-corrected chi connectivity index (χ1v) is 16.2. The Kier molecular flexibility index (Phi) is 9.53. The molecule has 0 N–H and O–H groups in total. The van der Waals surface area contributed by atoms with Crippen molar-refractivity contribution in [2.24, 2.45) is 0 Å². The maximum atomic E-state index is 13.2. The van der Waals surface area contributed by atoms with Gasteiger partial charge in [-0.15, -0.1) is 0 Å². The summed E-state index contributed by atoms with van der Waals surface area (Å²) in [5.41, 5.74) is 0.413. The number of carbonyl (C=O) groups is 2. The fraction of sp³-hybridized carbons (Fsp3) is 0.278. The molecule has 218 valence electrons. The van der Waals surface area contributed by atoms with Gasteiger partial charge in [0.1, 0.15) is 34.4 Å². The molecular formula is C36H41NO4P+. The molecule has 0 atom stereocenters. The van der Waals surface area contributed by atoms with E-state index in [-0.39, 0.29) is 6.54 Å². The summed E-state index contributed by atoms with van der Waals surface area (Å²) in [4.78, 5) is 27.4. The van der Waals surface area contributed by atoms with E-state index in [0.29, 0.717) is 0 Å². The normalized spacial score (nSPS) is 12.0. The first-order chi connectivity index (χ1) is 19.9. The lowest BCUT2D eigenvalue weighted by Crippen LogP contribution is -2.43. The average Bonchev–Trinajstić information content (AvgIpc) is 2.94. The molecule has 42 heavy (non-hydrogen) atoms. The molecule has 0 aliphatic carbocycles. The van der Waals surface area contributed by atoms with E-state index in [4.69, 9.17) is 9.47 Å². The molecule has 0 unspecified atom stereocenters. The van der Waals surface area contributed by atoms with Crippen molar-refractivity contribution in [3.8, 4) is 0 Å². The summed E-state index contributed by atoms with van der Waals surface area (Å²) in [5.74, 6) is 0. The maximum absolute atomic E-state index is 13.2. The van der Waals surface area contributed by atoms with Crippen molar-refractivity contribution >= 4 is 35.4 Å². The van der Waals surface area contributed by atoms with Crippen LogP contribution < -0.4 is 15.9 Å². The van der Waals surface area contributed by atoms with Crippen molar-refractivity contribution in [1.29, 1.82) is 0 Å². The lowest BCUT2D eigenvalue weighted by Gasteiger charge is -2.29.